The first-order chi connectivity index (χ1) is 12.2. The van der Waals surface area contributed by atoms with Crippen LogP contribution in [0.4, 0.5) is 0 Å². The number of likely N-dealkylation sites (N-methyl/N-ethyl adjacent to an activating group) is 1. The predicted octanol–water partition coefficient (Wildman–Crippen LogP) is 3.01. The Balaban J connectivity index is 1.41. The fourth-order valence-electron chi connectivity index (χ4n) is 3.46. The Morgan fingerprint density at radius 1 is 1.24 bits per heavy atom. The summed E-state index contributed by atoms with van der Waals surface area (Å²) in [5.41, 5.74) is 3.77. The molecular formula is C21H28N2O2. The summed E-state index contributed by atoms with van der Waals surface area (Å²) in [5.74, 6) is 0. The van der Waals surface area contributed by atoms with Gasteiger partial charge in [0.1, 0.15) is 0 Å². The predicted molar refractivity (Wildman–Crippen MR) is 99.5 cm³/mol. The largest absolute Gasteiger partial charge is 0.389 e. The molecule has 0 aliphatic heterocycles. The van der Waals surface area contributed by atoms with Crippen molar-refractivity contribution in [1.29, 1.82) is 0 Å². The van der Waals surface area contributed by atoms with E-state index in [0.29, 0.717) is 13.2 Å². The summed E-state index contributed by atoms with van der Waals surface area (Å²) in [4.78, 5) is 6.47. The van der Waals surface area contributed by atoms with E-state index in [1.807, 2.05) is 31.4 Å². The van der Waals surface area contributed by atoms with Gasteiger partial charge in [0.05, 0.1) is 18.8 Å². The van der Waals surface area contributed by atoms with Gasteiger partial charge in [0.15, 0.2) is 0 Å². The van der Waals surface area contributed by atoms with Crippen molar-refractivity contribution in [2.75, 3.05) is 26.7 Å². The highest BCUT2D eigenvalue weighted by Crippen LogP contribution is 2.32. The molecule has 2 unspecified atom stereocenters. The molecule has 134 valence electrons. The van der Waals surface area contributed by atoms with Gasteiger partial charge in [-0.25, -0.2) is 0 Å². The van der Waals surface area contributed by atoms with Crippen LogP contribution in [-0.4, -0.2) is 47.8 Å². The highest BCUT2D eigenvalue weighted by molar-refractivity contribution is 5.31. The van der Waals surface area contributed by atoms with E-state index in [0.717, 1.165) is 37.9 Å². The molecule has 1 aliphatic rings. The van der Waals surface area contributed by atoms with Crippen molar-refractivity contribution in [3.05, 3.63) is 65.5 Å². The Labute approximate surface area is 150 Å². The zero-order valence-corrected chi connectivity index (χ0v) is 15.0. The van der Waals surface area contributed by atoms with Crippen molar-refractivity contribution in [3.63, 3.8) is 0 Å². The van der Waals surface area contributed by atoms with Gasteiger partial charge in [-0.1, -0.05) is 30.3 Å². The standard InChI is InChI=1S/C21H28N2O2/c1-23(14-12-18-9-4-5-13-22-18)15-19(24)16-25-21-11-6-8-17-7-2-3-10-20(17)21/h2-5,7,9-10,13,19,21,24H,6,8,11-12,14-16H2,1H3. The lowest BCUT2D eigenvalue weighted by Gasteiger charge is -2.27. The van der Waals surface area contributed by atoms with Crippen LogP contribution in [0, 0.1) is 0 Å². The quantitative estimate of drug-likeness (QED) is 0.802. The fourth-order valence-corrected chi connectivity index (χ4v) is 3.46. The van der Waals surface area contributed by atoms with E-state index in [2.05, 4.69) is 34.1 Å². The summed E-state index contributed by atoms with van der Waals surface area (Å²) in [6.45, 7) is 1.87. The lowest BCUT2D eigenvalue weighted by atomic mass is 9.89. The minimum atomic E-state index is -0.470. The van der Waals surface area contributed by atoms with Crippen LogP contribution < -0.4 is 0 Å². The minimum Gasteiger partial charge on any atom is -0.389 e. The third kappa shape index (κ3) is 5.36. The molecule has 1 aliphatic carbocycles. The molecule has 0 bridgehead atoms. The van der Waals surface area contributed by atoms with E-state index in [1.165, 1.54) is 11.1 Å². The molecular weight excluding hydrogens is 312 g/mol. The average molecular weight is 340 g/mol. The molecule has 1 aromatic carbocycles. The van der Waals surface area contributed by atoms with Crippen molar-refractivity contribution in [3.8, 4) is 0 Å². The van der Waals surface area contributed by atoms with Gasteiger partial charge in [0.25, 0.3) is 0 Å². The van der Waals surface area contributed by atoms with Gasteiger partial charge in [0.2, 0.25) is 0 Å². The molecule has 0 amide bonds. The van der Waals surface area contributed by atoms with Gasteiger partial charge >= 0.3 is 0 Å². The number of ether oxygens (including phenoxy) is 1. The molecule has 25 heavy (non-hydrogen) atoms. The topological polar surface area (TPSA) is 45.6 Å². The van der Waals surface area contributed by atoms with E-state index >= 15 is 0 Å². The number of hydrogen-bond acceptors (Lipinski definition) is 4. The second-order valence-corrected chi connectivity index (χ2v) is 6.90. The Kier molecular flexibility index (Phi) is 6.56. The van der Waals surface area contributed by atoms with Crippen LogP contribution in [0.15, 0.2) is 48.7 Å². The number of nitrogens with zero attached hydrogens (tertiary/aromatic N) is 2. The summed E-state index contributed by atoms with van der Waals surface area (Å²) >= 11 is 0. The smallest absolute Gasteiger partial charge is 0.0900 e. The lowest BCUT2D eigenvalue weighted by molar-refractivity contribution is -0.0258. The van der Waals surface area contributed by atoms with Gasteiger partial charge in [-0.2, -0.15) is 0 Å². The van der Waals surface area contributed by atoms with E-state index < -0.39 is 6.10 Å². The number of aliphatic hydroxyl groups is 1. The molecule has 2 atom stereocenters. The van der Waals surface area contributed by atoms with E-state index in [1.54, 1.807) is 0 Å². The van der Waals surface area contributed by atoms with Crippen LogP contribution in [0.1, 0.15) is 35.8 Å². The first kappa shape index (κ1) is 18.1. The molecule has 0 spiro atoms. The Morgan fingerprint density at radius 2 is 2.08 bits per heavy atom. The zero-order valence-electron chi connectivity index (χ0n) is 15.0. The molecule has 0 radical (unpaired) electrons. The van der Waals surface area contributed by atoms with Crippen LogP contribution in [-0.2, 0) is 17.6 Å². The number of rotatable bonds is 8. The normalized spacial score (nSPS) is 18.1. The van der Waals surface area contributed by atoms with Crippen molar-refractivity contribution in [2.24, 2.45) is 0 Å². The third-order valence-corrected chi connectivity index (χ3v) is 4.80. The maximum atomic E-state index is 10.3. The maximum Gasteiger partial charge on any atom is 0.0900 e. The van der Waals surface area contributed by atoms with Crippen molar-refractivity contribution >= 4 is 0 Å². The highest BCUT2D eigenvalue weighted by atomic mass is 16.5. The number of aryl methyl sites for hydroxylation is 1. The average Bonchev–Trinajstić information content (AvgIpc) is 2.65. The number of aromatic nitrogens is 1. The number of fused-ring (bicyclic) bond motifs is 1. The summed E-state index contributed by atoms with van der Waals surface area (Å²) in [6.07, 6.45) is 5.69. The van der Waals surface area contributed by atoms with Crippen molar-refractivity contribution in [1.82, 2.24) is 9.88 Å². The summed E-state index contributed by atoms with van der Waals surface area (Å²) in [7, 11) is 2.03. The third-order valence-electron chi connectivity index (χ3n) is 4.80. The molecule has 3 rings (SSSR count). The van der Waals surface area contributed by atoms with Crippen LogP contribution in [0.3, 0.4) is 0 Å². The van der Waals surface area contributed by atoms with Gasteiger partial charge in [-0.15, -0.1) is 0 Å². The monoisotopic (exact) mass is 340 g/mol. The van der Waals surface area contributed by atoms with E-state index in [4.69, 9.17) is 4.74 Å². The molecule has 0 saturated heterocycles. The SMILES string of the molecule is CN(CCc1ccccn1)CC(O)COC1CCCc2ccccc21. The van der Waals surface area contributed by atoms with Gasteiger partial charge < -0.3 is 14.7 Å². The summed E-state index contributed by atoms with van der Waals surface area (Å²) in [6, 6.07) is 14.5. The minimum absolute atomic E-state index is 0.124. The van der Waals surface area contributed by atoms with Gasteiger partial charge in [0, 0.05) is 31.4 Å². The van der Waals surface area contributed by atoms with Gasteiger partial charge in [-0.3, -0.25) is 4.98 Å². The van der Waals surface area contributed by atoms with E-state index in [9.17, 15) is 5.11 Å². The second-order valence-electron chi connectivity index (χ2n) is 6.90. The molecule has 0 fully saturated rings. The second kappa shape index (κ2) is 9.09. The number of aliphatic hydroxyl groups excluding tert-OH is 1. The van der Waals surface area contributed by atoms with Crippen LogP contribution in [0.2, 0.25) is 0 Å². The van der Waals surface area contributed by atoms with Crippen LogP contribution >= 0.6 is 0 Å². The summed E-state index contributed by atoms with van der Waals surface area (Å²) in [5, 5.41) is 10.3. The Bertz CT molecular complexity index is 647. The van der Waals surface area contributed by atoms with Gasteiger partial charge in [-0.05, 0) is 49.6 Å². The molecule has 1 aromatic heterocycles. The highest BCUT2D eigenvalue weighted by Gasteiger charge is 2.21. The van der Waals surface area contributed by atoms with Crippen LogP contribution in [0.25, 0.3) is 0 Å². The first-order valence-electron chi connectivity index (χ1n) is 9.18. The molecule has 1 N–H and O–H groups in total. The number of hydrogen-bond donors (Lipinski definition) is 1. The summed E-state index contributed by atoms with van der Waals surface area (Å²) < 4.78 is 6.05. The number of benzene rings is 1. The molecule has 0 saturated carbocycles. The van der Waals surface area contributed by atoms with Crippen molar-refractivity contribution in [2.45, 2.75) is 37.9 Å². The fraction of sp³-hybridized carbons (Fsp3) is 0.476. The first-order valence-corrected chi connectivity index (χ1v) is 9.18. The van der Waals surface area contributed by atoms with Crippen molar-refractivity contribution < 1.29 is 9.84 Å². The van der Waals surface area contributed by atoms with E-state index in [-0.39, 0.29) is 6.10 Å². The maximum absolute atomic E-state index is 10.3. The Morgan fingerprint density at radius 3 is 2.92 bits per heavy atom. The lowest BCUT2D eigenvalue weighted by Crippen LogP contribution is -2.34. The Hall–Kier alpha value is -1.75. The molecule has 2 aromatic rings. The zero-order chi connectivity index (χ0) is 17.5. The molecule has 1 heterocycles. The number of pyridine rings is 1. The molecule has 4 nitrogen and oxygen atoms in total. The molecule has 4 heteroatoms. The van der Waals surface area contributed by atoms with Crippen LogP contribution in [0.5, 0.6) is 0 Å².